The predicted molar refractivity (Wildman–Crippen MR) is 146 cm³/mol. The topological polar surface area (TPSA) is 98.2 Å². The van der Waals surface area contributed by atoms with Gasteiger partial charge in [-0.05, 0) is 60.9 Å². The highest BCUT2D eigenvalue weighted by Gasteiger charge is 2.48. The summed E-state index contributed by atoms with van der Waals surface area (Å²) in [6.45, 7) is 3.96. The summed E-state index contributed by atoms with van der Waals surface area (Å²) in [5, 5.41) is 11.8. The molecule has 194 valence electrons. The number of aryl methyl sites for hydroxylation is 2. The number of fused-ring (bicyclic) bond motifs is 1. The number of aliphatic hydroxyl groups is 1. The third-order valence-electron chi connectivity index (χ3n) is 6.54. The monoisotopic (exact) mass is 530 g/mol. The largest absolute Gasteiger partial charge is 0.507 e. The number of rotatable bonds is 6. The Morgan fingerprint density at radius 1 is 0.947 bits per heavy atom. The second-order valence-electron chi connectivity index (χ2n) is 8.94. The lowest BCUT2D eigenvalue weighted by Crippen LogP contribution is -2.29. The lowest BCUT2D eigenvalue weighted by atomic mass is 9.95. The number of aromatic nitrogens is 1. The van der Waals surface area contributed by atoms with Crippen molar-refractivity contribution in [3.05, 3.63) is 82.4 Å². The van der Waals surface area contributed by atoms with Gasteiger partial charge in [0.15, 0.2) is 16.6 Å². The van der Waals surface area contributed by atoms with E-state index >= 15 is 0 Å². The van der Waals surface area contributed by atoms with Crippen molar-refractivity contribution < 1.29 is 28.9 Å². The number of nitrogens with zero attached hydrogens (tertiary/aromatic N) is 2. The Bertz CT molecular complexity index is 1620. The van der Waals surface area contributed by atoms with E-state index in [1.54, 1.807) is 42.5 Å². The van der Waals surface area contributed by atoms with Crippen LogP contribution in [0.25, 0.3) is 16.0 Å². The number of amides is 1. The van der Waals surface area contributed by atoms with E-state index in [0.29, 0.717) is 33.5 Å². The minimum absolute atomic E-state index is 0.0531. The number of carbonyl (C=O) groups is 2. The molecule has 0 spiro atoms. The summed E-state index contributed by atoms with van der Waals surface area (Å²) in [4.78, 5) is 33.2. The zero-order valence-electron chi connectivity index (χ0n) is 21.6. The molecule has 0 bridgehead atoms. The fourth-order valence-corrected chi connectivity index (χ4v) is 5.92. The molecule has 38 heavy (non-hydrogen) atoms. The molecule has 1 N–H and O–H groups in total. The molecule has 1 aromatic heterocycles. The van der Waals surface area contributed by atoms with Gasteiger partial charge < -0.3 is 19.3 Å². The molecule has 5 rings (SSSR count). The molecule has 1 fully saturated rings. The number of ether oxygens (including phenoxy) is 3. The standard InChI is InChI=1S/C29H26N2O6S/c1-15-11-16(2)24-22(12-15)38-29(30-24)31-25(17-9-10-20(36-4)21(14-17)37-5)23(27(33)28(31)34)26(32)18-7-6-8-19(13-18)35-3/h6-14,25,32H,1-5H3. The predicted octanol–water partition coefficient (Wildman–Crippen LogP) is 5.57. The summed E-state index contributed by atoms with van der Waals surface area (Å²) in [5.41, 5.74) is 3.65. The molecule has 1 atom stereocenters. The highest BCUT2D eigenvalue weighted by Crippen LogP contribution is 2.46. The smallest absolute Gasteiger partial charge is 0.301 e. The zero-order valence-corrected chi connectivity index (χ0v) is 22.4. The Morgan fingerprint density at radius 2 is 1.71 bits per heavy atom. The molecular weight excluding hydrogens is 504 g/mol. The lowest BCUT2D eigenvalue weighted by Gasteiger charge is -2.23. The van der Waals surface area contributed by atoms with Gasteiger partial charge in [-0.15, -0.1) is 0 Å². The first-order chi connectivity index (χ1) is 18.3. The van der Waals surface area contributed by atoms with Gasteiger partial charge in [0.2, 0.25) is 0 Å². The fraction of sp³-hybridized carbons (Fsp3) is 0.207. The van der Waals surface area contributed by atoms with Gasteiger partial charge in [0, 0.05) is 5.56 Å². The van der Waals surface area contributed by atoms with E-state index in [9.17, 15) is 14.7 Å². The maximum Gasteiger partial charge on any atom is 0.301 e. The van der Waals surface area contributed by atoms with Gasteiger partial charge >= 0.3 is 5.91 Å². The van der Waals surface area contributed by atoms with Crippen LogP contribution < -0.4 is 19.1 Å². The van der Waals surface area contributed by atoms with E-state index in [1.807, 2.05) is 26.0 Å². The molecular formula is C29H26N2O6S. The third kappa shape index (κ3) is 4.14. The minimum Gasteiger partial charge on any atom is -0.507 e. The first-order valence-electron chi connectivity index (χ1n) is 11.8. The van der Waals surface area contributed by atoms with Crippen LogP contribution in [0.3, 0.4) is 0 Å². The number of methoxy groups -OCH3 is 3. The Morgan fingerprint density at radius 3 is 2.42 bits per heavy atom. The van der Waals surface area contributed by atoms with E-state index in [4.69, 9.17) is 19.2 Å². The number of hydrogen-bond acceptors (Lipinski definition) is 8. The molecule has 2 heterocycles. The van der Waals surface area contributed by atoms with Crippen molar-refractivity contribution in [2.45, 2.75) is 19.9 Å². The van der Waals surface area contributed by atoms with Gasteiger partial charge in [-0.1, -0.05) is 35.6 Å². The number of benzene rings is 3. The SMILES string of the molecule is COc1cccc(C(O)=C2C(=O)C(=O)N(c3nc4c(C)cc(C)cc4s3)C2c2ccc(OC)c(OC)c2)c1. The highest BCUT2D eigenvalue weighted by molar-refractivity contribution is 7.22. The molecule has 1 amide bonds. The second kappa shape index (κ2) is 9.83. The number of ketones is 1. The summed E-state index contributed by atoms with van der Waals surface area (Å²) in [7, 11) is 4.55. The molecule has 1 aliphatic rings. The Hall–Kier alpha value is -4.37. The molecule has 0 aliphatic carbocycles. The number of aliphatic hydroxyl groups excluding tert-OH is 1. The van der Waals surface area contributed by atoms with Crippen molar-refractivity contribution in [3.8, 4) is 17.2 Å². The van der Waals surface area contributed by atoms with Crippen molar-refractivity contribution in [1.82, 2.24) is 4.98 Å². The molecule has 1 aliphatic heterocycles. The third-order valence-corrected chi connectivity index (χ3v) is 7.54. The lowest BCUT2D eigenvalue weighted by molar-refractivity contribution is -0.132. The molecule has 0 saturated carbocycles. The average Bonchev–Trinajstić information content (AvgIpc) is 3.46. The molecule has 1 unspecified atom stereocenters. The Kier molecular flexibility index (Phi) is 6.54. The summed E-state index contributed by atoms with van der Waals surface area (Å²) in [5.74, 6) is -0.472. The summed E-state index contributed by atoms with van der Waals surface area (Å²) in [6.07, 6.45) is 0. The van der Waals surface area contributed by atoms with Crippen LogP contribution in [0, 0.1) is 13.8 Å². The minimum atomic E-state index is -0.956. The number of Topliss-reactive ketones (excluding diaryl/α,β-unsaturated/α-hetero) is 1. The molecule has 8 nitrogen and oxygen atoms in total. The van der Waals surface area contributed by atoms with Gasteiger partial charge in [-0.3, -0.25) is 14.5 Å². The average molecular weight is 531 g/mol. The van der Waals surface area contributed by atoms with E-state index in [2.05, 4.69) is 0 Å². The van der Waals surface area contributed by atoms with Crippen LogP contribution in [0.2, 0.25) is 0 Å². The second-order valence-corrected chi connectivity index (χ2v) is 9.95. The summed E-state index contributed by atoms with van der Waals surface area (Å²) < 4.78 is 17.1. The number of carbonyl (C=O) groups excluding carboxylic acids is 2. The van der Waals surface area contributed by atoms with Gasteiger partial charge in [0.05, 0.1) is 43.2 Å². The highest BCUT2D eigenvalue weighted by atomic mass is 32.1. The maximum absolute atomic E-state index is 13.6. The van der Waals surface area contributed by atoms with Crippen molar-refractivity contribution >= 4 is 44.1 Å². The molecule has 3 aromatic carbocycles. The van der Waals surface area contributed by atoms with Crippen LogP contribution in [-0.2, 0) is 9.59 Å². The fourth-order valence-electron chi connectivity index (χ4n) is 4.76. The van der Waals surface area contributed by atoms with Crippen LogP contribution in [0.4, 0.5) is 5.13 Å². The Balaban J connectivity index is 1.76. The quantitative estimate of drug-likeness (QED) is 0.198. The van der Waals surface area contributed by atoms with E-state index in [0.717, 1.165) is 21.3 Å². The van der Waals surface area contributed by atoms with Gasteiger partial charge in [0.25, 0.3) is 5.78 Å². The summed E-state index contributed by atoms with van der Waals surface area (Å²) in [6, 6.07) is 14.9. The number of anilines is 1. The van der Waals surface area contributed by atoms with Crippen LogP contribution in [-0.4, -0.2) is 43.1 Å². The van der Waals surface area contributed by atoms with Crippen molar-refractivity contribution in [2.24, 2.45) is 0 Å². The molecule has 4 aromatic rings. The number of thiazole rings is 1. The maximum atomic E-state index is 13.6. The van der Waals surface area contributed by atoms with E-state index in [1.165, 1.54) is 37.6 Å². The molecule has 0 radical (unpaired) electrons. The van der Waals surface area contributed by atoms with Crippen LogP contribution in [0.5, 0.6) is 17.2 Å². The van der Waals surface area contributed by atoms with Crippen LogP contribution >= 0.6 is 11.3 Å². The van der Waals surface area contributed by atoms with Gasteiger partial charge in [0.1, 0.15) is 11.5 Å². The van der Waals surface area contributed by atoms with E-state index in [-0.39, 0.29) is 11.3 Å². The van der Waals surface area contributed by atoms with Crippen molar-refractivity contribution in [2.75, 3.05) is 26.2 Å². The molecule has 1 saturated heterocycles. The van der Waals surface area contributed by atoms with Crippen molar-refractivity contribution in [1.29, 1.82) is 0 Å². The van der Waals surface area contributed by atoms with Crippen LogP contribution in [0.1, 0.15) is 28.3 Å². The van der Waals surface area contributed by atoms with E-state index < -0.39 is 17.7 Å². The summed E-state index contributed by atoms with van der Waals surface area (Å²) >= 11 is 1.32. The van der Waals surface area contributed by atoms with Gasteiger partial charge in [-0.25, -0.2) is 4.98 Å². The first-order valence-corrected chi connectivity index (χ1v) is 12.6. The number of hydrogen-bond donors (Lipinski definition) is 1. The first kappa shape index (κ1) is 25.3. The normalized spacial score (nSPS) is 16.8. The molecule has 9 heteroatoms. The Labute approximate surface area is 223 Å². The zero-order chi connectivity index (χ0) is 27.1. The van der Waals surface area contributed by atoms with Crippen molar-refractivity contribution in [3.63, 3.8) is 0 Å². The van der Waals surface area contributed by atoms with Crippen LogP contribution in [0.15, 0.2) is 60.2 Å². The van der Waals surface area contributed by atoms with Gasteiger partial charge in [-0.2, -0.15) is 0 Å².